The van der Waals surface area contributed by atoms with Gasteiger partial charge in [-0.3, -0.25) is 9.69 Å². The van der Waals surface area contributed by atoms with Crippen molar-refractivity contribution in [3.8, 4) is 0 Å². The first-order valence-corrected chi connectivity index (χ1v) is 11.1. The number of amides is 1. The number of carbonyl (C=O) groups excluding carboxylic acids is 1. The molecule has 2 fully saturated rings. The predicted octanol–water partition coefficient (Wildman–Crippen LogP) is 0.602. The molecule has 0 saturated carbocycles. The van der Waals surface area contributed by atoms with Crippen LogP contribution in [0.5, 0.6) is 0 Å². The average Bonchev–Trinajstić information content (AvgIpc) is 3.43. The number of rotatable bonds is 8. The number of aliphatic imine (C=N–C) groups is 1. The van der Waals surface area contributed by atoms with Crippen LogP contribution < -0.4 is 5.32 Å². The van der Waals surface area contributed by atoms with Crippen molar-refractivity contribution in [1.29, 1.82) is 0 Å². The van der Waals surface area contributed by atoms with Crippen molar-refractivity contribution in [3.05, 3.63) is 24.3 Å². The summed E-state index contributed by atoms with van der Waals surface area (Å²) >= 11 is 0. The van der Waals surface area contributed by atoms with E-state index in [0.717, 1.165) is 89.0 Å². The highest BCUT2D eigenvalue weighted by molar-refractivity contribution is 5.80. The molecule has 0 spiro atoms. The number of hydrogen-bond donors (Lipinski definition) is 1. The maximum Gasteiger partial charge on any atom is 0.236 e. The molecule has 1 amide bonds. The molecule has 3 heterocycles. The van der Waals surface area contributed by atoms with E-state index in [1.807, 2.05) is 11.8 Å². The van der Waals surface area contributed by atoms with E-state index in [2.05, 4.69) is 43.4 Å². The zero-order chi connectivity index (χ0) is 21.3. The smallest absolute Gasteiger partial charge is 0.236 e. The van der Waals surface area contributed by atoms with Crippen molar-refractivity contribution in [2.45, 2.75) is 39.7 Å². The SMILES string of the molecule is C=C(C)CN=C(NCCn1cnnc1CC)N1CCN(CC(=O)N2CCCC2)CC1. The molecule has 166 valence electrons. The normalized spacial score (nSPS) is 18.1. The fourth-order valence-corrected chi connectivity index (χ4v) is 3.88. The Balaban J connectivity index is 1.49. The topological polar surface area (TPSA) is 81.9 Å². The molecule has 0 aliphatic carbocycles. The van der Waals surface area contributed by atoms with E-state index in [1.54, 1.807) is 6.33 Å². The van der Waals surface area contributed by atoms with E-state index in [4.69, 9.17) is 4.99 Å². The van der Waals surface area contributed by atoms with Crippen LogP contribution in [0.1, 0.15) is 32.5 Å². The Hall–Kier alpha value is -2.42. The van der Waals surface area contributed by atoms with Crippen LogP contribution in [0.2, 0.25) is 0 Å². The average molecular weight is 417 g/mol. The lowest BCUT2D eigenvalue weighted by Crippen LogP contribution is -2.54. The van der Waals surface area contributed by atoms with Gasteiger partial charge in [-0.15, -0.1) is 10.2 Å². The van der Waals surface area contributed by atoms with Crippen molar-refractivity contribution in [3.63, 3.8) is 0 Å². The molecule has 30 heavy (non-hydrogen) atoms. The molecular weight excluding hydrogens is 380 g/mol. The highest BCUT2D eigenvalue weighted by atomic mass is 16.2. The molecule has 0 bridgehead atoms. The van der Waals surface area contributed by atoms with Crippen LogP contribution in [0.15, 0.2) is 23.5 Å². The molecule has 1 aromatic rings. The molecule has 2 aliphatic heterocycles. The van der Waals surface area contributed by atoms with Crippen molar-refractivity contribution < 1.29 is 4.79 Å². The van der Waals surface area contributed by atoms with Gasteiger partial charge < -0.3 is 19.7 Å². The van der Waals surface area contributed by atoms with Gasteiger partial charge in [0.2, 0.25) is 5.91 Å². The van der Waals surface area contributed by atoms with Crippen LogP contribution in [0.4, 0.5) is 0 Å². The summed E-state index contributed by atoms with van der Waals surface area (Å²) in [4.78, 5) is 23.7. The lowest BCUT2D eigenvalue weighted by Gasteiger charge is -2.36. The van der Waals surface area contributed by atoms with Gasteiger partial charge in [0.1, 0.15) is 12.2 Å². The van der Waals surface area contributed by atoms with Crippen LogP contribution in [-0.2, 0) is 17.8 Å². The Morgan fingerprint density at radius 2 is 1.90 bits per heavy atom. The van der Waals surface area contributed by atoms with E-state index in [1.165, 1.54) is 0 Å². The number of aryl methyl sites for hydroxylation is 1. The molecule has 1 N–H and O–H groups in total. The minimum atomic E-state index is 0.274. The van der Waals surface area contributed by atoms with Crippen molar-refractivity contribution in [1.82, 2.24) is 34.8 Å². The predicted molar refractivity (Wildman–Crippen MR) is 118 cm³/mol. The highest BCUT2D eigenvalue weighted by Gasteiger charge is 2.24. The number of nitrogens with one attached hydrogen (secondary N) is 1. The largest absolute Gasteiger partial charge is 0.354 e. The molecule has 9 heteroatoms. The molecule has 9 nitrogen and oxygen atoms in total. The van der Waals surface area contributed by atoms with E-state index < -0.39 is 0 Å². The molecule has 3 rings (SSSR count). The quantitative estimate of drug-likeness (QED) is 0.380. The highest BCUT2D eigenvalue weighted by Crippen LogP contribution is 2.09. The lowest BCUT2D eigenvalue weighted by molar-refractivity contribution is -0.131. The van der Waals surface area contributed by atoms with Gasteiger partial charge in [0, 0.05) is 58.8 Å². The number of nitrogens with zero attached hydrogens (tertiary/aromatic N) is 7. The first kappa shape index (κ1) is 22.3. The lowest BCUT2D eigenvalue weighted by atomic mass is 10.3. The fourth-order valence-electron chi connectivity index (χ4n) is 3.88. The zero-order valence-corrected chi connectivity index (χ0v) is 18.5. The maximum atomic E-state index is 12.4. The summed E-state index contributed by atoms with van der Waals surface area (Å²) in [5, 5.41) is 11.6. The van der Waals surface area contributed by atoms with E-state index in [9.17, 15) is 4.79 Å². The van der Waals surface area contributed by atoms with Gasteiger partial charge in [-0.05, 0) is 19.8 Å². The number of hydrogen-bond acceptors (Lipinski definition) is 5. The number of likely N-dealkylation sites (tertiary alicyclic amines) is 1. The second-order valence-corrected chi connectivity index (χ2v) is 8.17. The van der Waals surface area contributed by atoms with Gasteiger partial charge >= 0.3 is 0 Å². The Morgan fingerprint density at radius 3 is 2.57 bits per heavy atom. The van der Waals surface area contributed by atoms with Gasteiger partial charge in [0.05, 0.1) is 13.1 Å². The third-order valence-electron chi connectivity index (χ3n) is 5.64. The first-order valence-electron chi connectivity index (χ1n) is 11.1. The fraction of sp³-hybridized carbons (Fsp3) is 0.714. The van der Waals surface area contributed by atoms with Gasteiger partial charge in [0.25, 0.3) is 0 Å². The second kappa shape index (κ2) is 11.1. The Kier molecular flexibility index (Phi) is 8.24. The van der Waals surface area contributed by atoms with Gasteiger partial charge in [0.15, 0.2) is 5.96 Å². The van der Waals surface area contributed by atoms with Crippen molar-refractivity contribution >= 4 is 11.9 Å². The van der Waals surface area contributed by atoms with Gasteiger partial charge in [-0.1, -0.05) is 19.1 Å². The summed E-state index contributed by atoms with van der Waals surface area (Å²) in [6.45, 7) is 16.1. The molecule has 0 aromatic carbocycles. The maximum absolute atomic E-state index is 12.4. The van der Waals surface area contributed by atoms with Crippen LogP contribution in [0, 0.1) is 0 Å². The molecule has 0 atom stereocenters. The molecular formula is C21H36N8O. The van der Waals surface area contributed by atoms with E-state index in [-0.39, 0.29) is 5.91 Å². The Bertz CT molecular complexity index is 729. The summed E-state index contributed by atoms with van der Waals surface area (Å²) in [7, 11) is 0. The summed E-state index contributed by atoms with van der Waals surface area (Å²) in [5.41, 5.74) is 1.04. The van der Waals surface area contributed by atoms with Gasteiger partial charge in [-0.25, -0.2) is 4.99 Å². The van der Waals surface area contributed by atoms with Crippen LogP contribution in [0.3, 0.4) is 0 Å². The summed E-state index contributed by atoms with van der Waals surface area (Å²) < 4.78 is 2.07. The van der Waals surface area contributed by atoms with E-state index in [0.29, 0.717) is 13.1 Å². The van der Waals surface area contributed by atoms with Crippen molar-refractivity contribution in [2.75, 3.05) is 58.9 Å². The third-order valence-corrected chi connectivity index (χ3v) is 5.64. The van der Waals surface area contributed by atoms with Crippen LogP contribution >= 0.6 is 0 Å². The summed E-state index contributed by atoms with van der Waals surface area (Å²) in [6, 6.07) is 0. The van der Waals surface area contributed by atoms with Gasteiger partial charge in [-0.2, -0.15) is 0 Å². The Morgan fingerprint density at radius 1 is 1.17 bits per heavy atom. The van der Waals surface area contributed by atoms with E-state index >= 15 is 0 Å². The van der Waals surface area contributed by atoms with Crippen LogP contribution in [0.25, 0.3) is 0 Å². The minimum Gasteiger partial charge on any atom is -0.354 e. The number of piperazine rings is 1. The summed E-state index contributed by atoms with van der Waals surface area (Å²) in [6.07, 6.45) is 4.93. The molecule has 0 unspecified atom stereocenters. The third kappa shape index (κ3) is 6.29. The molecule has 2 aliphatic rings. The number of aromatic nitrogens is 3. The zero-order valence-electron chi connectivity index (χ0n) is 18.5. The second-order valence-electron chi connectivity index (χ2n) is 8.17. The van der Waals surface area contributed by atoms with Crippen molar-refractivity contribution in [2.24, 2.45) is 4.99 Å². The molecule has 0 radical (unpaired) electrons. The molecule has 2 saturated heterocycles. The molecule has 1 aromatic heterocycles. The summed E-state index contributed by atoms with van der Waals surface area (Å²) in [5.74, 6) is 2.18. The standard InChI is InChI=1S/C21H36N8O/c1-4-19-25-24-17-29(19)10-7-22-21(23-15-18(2)3)28-13-11-26(12-14-28)16-20(30)27-8-5-6-9-27/h17H,2,4-16H2,1,3H3,(H,22,23). The monoisotopic (exact) mass is 416 g/mol. The number of carbonyl (C=O) groups is 1. The minimum absolute atomic E-state index is 0.274. The Labute approximate surface area is 179 Å². The van der Waals surface area contributed by atoms with Crippen LogP contribution in [-0.4, -0.2) is 100 Å². The first-order chi connectivity index (χ1) is 14.6. The number of guanidine groups is 1.